The summed E-state index contributed by atoms with van der Waals surface area (Å²) in [5.74, 6) is -5.00. The number of fused-ring (bicyclic) bond motifs is 2. The molecule has 0 spiro atoms. The van der Waals surface area contributed by atoms with E-state index in [4.69, 9.17) is 26.8 Å². The van der Waals surface area contributed by atoms with Gasteiger partial charge >= 0.3 is 0 Å². The Morgan fingerprint density at radius 3 is 1.53 bits per heavy atom. The number of ether oxygens (including phenoxy) is 2. The number of benzene rings is 2. The van der Waals surface area contributed by atoms with Crippen molar-refractivity contribution in [3.05, 3.63) is 100.0 Å². The predicted octanol–water partition coefficient (Wildman–Crippen LogP) is 13.1. The van der Waals surface area contributed by atoms with Crippen molar-refractivity contribution >= 4 is 67.4 Å². The number of aromatic nitrogens is 8. The Kier molecular flexibility index (Phi) is 21.9. The summed E-state index contributed by atoms with van der Waals surface area (Å²) in [5, 5.41) is 12.6. The molecule has 2 aliphatic carbocycles. The highest BCUT2D eigenvalue weighted by atomic mass is 35.5. The summed E-state index contributed by atoms with van der Waals surface area (Å²) in [5.41, 5.74) is 5.72. The summed E-state index contributed by atoms with van der Waals surface area (Å²) in [4.78, 5) is 46.8. The minimum absolute atomic E-state index is 0.000926. The molecule has 2 saturated heterocycles. The van der Waals surface area contributed by atoms with Crippen LogP contribution in [0, 0.1) is 46.9 Å². The highest BCUT2D eigenvalue weighted by Crippen LogP contribution is 2.42. The second kappa shape index (κ2) is 28.3. The Morgan fingerprint density at radius 2 is 1.09 bits per heavy atom. The molecule has 4 aromatic heterocycles. The van der Waals surface area contributed by atoms with Gasteiger partial charge in [-0.2, -0.15) is 10.2 Å². The predicted molar refractivity (Wildman–Crippen MR) is 314 cm³/mol. The van der Waals surface area contributed by atoms with Gasteiger partial charge in [0.2, 0.25) is 12.9 Å². The summed E-state index contributed by atoms with van der Waals surface area (Å²) >= 11 is 6.28. The molecule has 87 heavy (non-hydrogen) atoms. The standard InChI is InChI=1S/C29H37F5N6O2Si.C22H25ClF3N5O2Si.C7H13F2N/c1-16-9-17(26(33)34)10-22(16)37-27-24-25(38-40(28(24)36-14-35-27)15-42-7-8-43(2,3)4)29(41)39-13-19(31)12-23(39)20-11-18(30)5-6-21(20)32;1-34(2,3)7-6-33-12-31-21-18(20(23)27-11-28-21)19(29-31)22(32)30-10-14(25)9-17(30)15-8-13(24)4-5-16(15)26;1-4-2-5(7(8)9)3-6(4)10/h5-6,11,14,16-17,19,22-23,26H,7-10,12-13,15H2,1-4H3,(H,35,36,37);4-5,8,11,14,17H,6-7,9-10,12H2,1-3H3;4-7H,2-3,10H2,1H3/t16-,17+,19+,22-,23-;14-,17+;4-,5+,6-/m101/s1. The van der Waals surface area contributed by atoms with Crippen LogP contribution in [0.2, 0.25) is 56.5 Å². The molecule has 4 aliphatic rings. The van der Waals surface area contributed by atoms with Crippen LogP contribution >= 0.6 is 11.6 Å². The second-order valence-electron chi connectivity index (χ2n) is 25.6. The zero-order valence-electron chi connectivity index (χ0n) is 49.8. The van der Waals surface area contributed by atoms with E-state index in [-0.39, 0.29) is 120 Å². The smallest absolute Gasteiger partial charge is 0.275 e. The van der Waals surface area contributed by atoms with Gasteiger partial charge in [0.05, 0.1) is 35.9 Å². The Morgan fingerprint density at radius 1 is 0.644 bits per heavy atom. The minimum Gasteiger partial charge on any atom is -0.366 e. The van der Waals surface area contributed by atoms with E-state index in [2.05, 4.69) is 74.7 Å². The van der Waals surface area contributed by atoms with Crippen molar-refractivity contribution in [1.29, 1.82) is 0 Å². The van der Waals surface area contributed by atoms with Gasteiger partial charge in [0.15, 0.2) is 22.7 Å². The Hall–Kier alpha value is -5.82. The monoisotopic (exact) mass is 1280 g/mol. The first-order valence-corrected chi connectivity index (χ1v) is 36.9. The second-order valence-corrected chi connectivity index (χ2v) is 37.2. The number of alkyl halides is 6. The number of hydrogen-bond donors (Lipinski definition) is 2. The van der Waals surface area contributed by atoms with E-state index >= 15 is 0 Å². The number of rotatable bonds is 18. The van der Waals surface area contributed by atoms with Crippen LogP contribution < -0.4 is 11.1 Å². The topological polar surface area (TPSA) is 184 Å². The van der Waals surface area contributed by atoms with Crippen LogP contribution in [0.1, 0.15) is 96.6 Å². The van der Waals surface area contributed by atoms with E-state index in [9.17, 15) is 53.5 Å². The summed E-state index contributed by atoms with van der Waals surface area (Å²) in [6, 6.07) is 5.25. The number of nitrogens with one attached hydrogen (secondary N) is 1. The van der Waals surface area contributed by atoms with Crippen molar-refractivity contribution in [2.75, 3.05) is 31.6 Å². The number of hydrogen-bond acceptors (Lipinski definition) is 12. The average molecular weight is 1290 g/mol. The van der Waals surface area contributed by atoms with Crippen LogP contribution in [0.15, 0.2) is 49.1 Å². The highest BCUT2D eigenvalue weighted by Gasteiger charge is 2.43. The minimum atomic E-state index is -2.45. The first-order valence-electron chi connectivity index (χ1n) is 29.1. The van der Waals surface area contributed by atoms with E-state index in [1.807, 2.05) is 13.8 Å². The molecule has 2 amide bonds. The number of amides is 2. The third kappa shape index (κ3) is 16.5. The lowest BCUT2D eigenvalue weighted by atomic mass is 10.0. The molecular formula is C58H75ClF10N12O4Si2. The fourth-order valence-corrected chi connectivity index (χ4v) is 13.2. The Bertz CT molecular complexity index is 3350. The van der Waals surface area contributed by atoms with Crippen molar-refractivity contribution in [2.24, 2.45) is 29.4 Å². The average Bonchev–Trinajstić information content (AvgIpc) is 2.77. The first kappa shape index (κ1) is 67.1. The zero-order valence-corrected chi connectivity index (χ0v) is 52.5. The summed E-state index contributed by atoms with van der Waals surface area (Å²) in [6.07, 6.45) is -3.65. The number of likely N-dealkylation sites (tertiary alicyclic amines) is 2. The molecule has 0 unspecified atom stereocenters. The molecule has 16 nitrogen and oxygen atoms in total. The van der Waals surface area contributed by atoms with Crippen LogP contribution in [-0.4, -0.2) is 141 Å². The third-order valence-electron chi connectivity index (χ3n) is 16.4. The number of halogens is 11. The van der Waals surface area contributed by atoms with Crippen molar-refractivity contribution in [1.82, 2.24) is 49.3 Å². The van der Waals surface area contributed by atoms with Crippen molar-refractivity contribution in [3.63, 3.8) is 0 Å². The van der Waals surface area contributed by atoms with E-state index in [0.29, 0.717) is 38.1 Å². The molecule has 2 aliphatic heterocycles. The van der Waals surface area contributed by atoms with Gasteiger partial charge in [0, 0.05) is 77.2 Å². The molecule has 2 aromatic carbocycles. The van der Waals surface area contributed by atoms with Crippen LogP contribution in [0.25, 0.3) is 22.1 Å². The van der Waals surface area contributed by atoms with Crippen LogP contribution in [0.3, 0.4) is 0 Å². The molecular weight excluding hydrogens is 1210 g/mol. The van der Waals surface area contributed by atoms with Crippen molar-refractivity contribution in [3.8, 4) is 0 Å². The lowest BCUT2D eigenvalue weighted by Crippen LogP contribution is -2.32. The van der Waals surface area contributed by atoms with Gasteiger partial charge in [-0.1, -0.05) is 64.7 Å². The maximum atomic E-state index is 14.8. The molecule has 29 heteroatoms. The summed E-state index contributed by atoms with van der Waals surface area (Å²) in [7, 11) is -2.68. The molecule has 6 aromatic rings. The van der Waals surface area contributed by atoms with Gasteiger partial charge in [0.25, 0.3) is 11.8 Å². The quantitative estimate of drug-likeness (QED) is 0.0360. The molecule has 3 N–H and O–H groups in total. The number of anilines is 1. The fourth-order valence-electron chi connectivity index (χ4n) is 11.5. The number of nitrogens with two attached hydrogens (primary N) is 1. The van der Waals surface area contributed by atoms with Crippen LogP contribution in [0.4, 0.5) is 49.7 Å². The molecule has 476 valence electrons. The van der Waals surface area contributed by atoms with Crippen LogP contribution in [0.5, 0.6) is 0 Å². The Balaban J connectivity index is 0.000000198. The van der Waals surface area contributed by atoms with Gasteiger partial charge in [-0.3, -0.25) is 9.59 Å². The SMILES string of the molecule is C[C@@H]1C[C@H](C(F)F)C[C@H]1N.C[C@@H]1C[C@H](C(F)F)C[C@H]1Nc1ncnc2c1c(C(=O)N1C[C@@H](F)C[C@@H]1c1cc(F)ccc1F)nn2COCC[Si](C)(C)C.C[Si](C)(C)CCOCn1nc(C(=O)N2C[C@@H](F)C[C@@H]2c2cc(F)ccc2F)c2c(Cl)ncnc21. The molecule has 10 atom stereocenters. The van der Waals surface area contributed by atoms with Gasteiger partial charge in [0.1, 0.15) is 72.7 Å². The zero-order chi connectivity index (χ0) is 63.4. The number of nitrogens with zero attached hydrogens (tertiary/aromatic N) is 10. The van der Waals surface area contributed by atoms with Crippen LogP contribution in [-0.2, 0) is 22.9 Å². The first-order chi connectivity index (χ1) is 41.0. The lowest BCUT2D eigenvalue weighted by Gasteiger charge is -2.24. The van der Waals surface area contributed by atoms with E-state index in [1.165, 1.54) is 22.0 Å². The van der Waals surface area contributed by atoms with E-state index in [0.717, 1.165) is 58.3 Å². The normalized spacial score (nSPS) is 24.1. The number of carbonyl (C=O) groups excluding carboxylic acids is 2. The number of carbonyl (C=O) groups is 2. The van der Waals surface area contributed by atoms with E-state index in [1.54, 1.807) is 0 Å². The Labute approximate surface area is 505 Å². The molecule has 0 radical (unpaired) electrons. The molecule has 6 heterocycles. The van der Waals surface area contributed by atoms with Gasteiger partial charge in [-0.15, -0.1) is 0 Å². The lowest BCUT2D eigenvalue weighted by molar-refractivity contribution is 0.0694. The van der Waals surface area contributed by atoms with Crippen molar-refractivity contribution in [2.45, 2.75) is 167 Å². The molecule has 2 saturated carbocycles. The fraction of sp³-hybridized carbons (Fsp3) is 0.586. The largest absolute Gasteiger partial charge is 0.366 e. The summed E-state index contributed by atoms with van der Waals surface area (Å²) < 4.78 is 152. The van der Waals surface area contributed by atoms with Gasteiger partial charge in [-0.25, -0.2) is 73.2 Å². The molecule has 0 bridgehead atoms. The maximum absolute atomic E-state index is 14.8. The van der Waals surface area contributed by atoms with Crippen molar-refractivity contribution < 1.29 is 63.0 Å². The third-order valence-corrected chi connectivity index (χ3v) is 20.1. The van der Waals surface area contributed by atoms with Gasteiger partial charge < -0.3 is 30.3 Å². The van der Waals surface area contributed by atoms with Gasteiger partial charge in [-0.05, 0) is 86.0 Å². The molecule has 4 fully saturated rings. The maximum Gasteiger partial charge on any atom is 0.275 e. The van der Waals surface area contributed by atoms with E-state index < -0.39 is 100 Å². The summed E-state index contributed by atoms with van der Waals surface area (Å²) in [6.45, 7) is 17.6. The molecule has 10 rings (SSSR count). The highest BCUT2D eigenvalue weighted by molar-refractivity contribution is 6.76.